The van der Waals surface area contributed by atoms with E-state index in [2.05, 4.69) is 58.3 Å². The van der Waals surface area contributed by atoms with Crippen molar-refractivity contribution in [3.63, 3.8) is 0 Å². The highest BCUT2D eigenvalue weighted by Crippen LogP contribution is 2.42. The molecule has 4 heterocycles. The first-order valence-corrected chi connectivity index (χ1v) is 12.6. The summed E-state index contributed by atoms with van der Waals surface area (Å²) in [5.74, 6) is 0.924. The molecule has 182 valence electrons. The molecule has 1 atom stereocenters. The highest BCUT2D eigenvalue weighted by atomic mass is 16.5. The topological polar surface area (TPSA) is 81.0 Å². The maximum Gasteiger partial charge on any atom is 0.122 e. The smallest absolute Gasteiger partial charge is 0.122 e. The third-order valence-corrected chi connectivity index (χ3v) is 7.12. The Hall–Kier alpha value is -3.52. The van der Waals surface area contributed by atoms with Crippen molar-refractivity contribution in [3.05, 3.63) is 42.7 Å². The Balaban J connectivity index is 1.48. The molecule has 0 bridgehead atoms. The number of fused-ring (bicyclic) bond motifs is 2. The minimum absolute atomic E-state index is 0.248. The Morgan fingerprint density at radius 2 is 1.86 bits per heavy atom. The van der Waals surface area contributed by atoms with Gasteiger partial charge < -0.3 is 20.7 Å². The van der Waals surface area contributed by atoms with Crippen molar-refractivity contribution in [2.24, 2.45) is 14.1 Å². The molecule has 3 N–H and O–H groups in total. The van der Waals surface area contributed by atoms with Gasteiger partial charge in [-0.05, 0) is 63.0 Å². The Bertz CT molecular complexity index is 1370. The van der Waals surface area contributed by atoms with E-state index >= 15 is 0 Å². The summed E-state index contributed by atoms with van der Waals surface area (Å²) in [5, 5.41) is 21.1. The van der Waals surface area contributed by atoms with E-state index < -0.39 is 0 Å². The fraction of sp³-hybridized carbons (Fsp3) is 0.407. The van der Waals surface area contributed by atoms with Gasteiger partial charge in [-0.2, -0.15) is 10.2 Å². The summed E-state index contributed by atoms with van der Waals surface area (Å²) < 4.78 is 10.3. The molecule has 2 aliphatic heterocycles. The van der Waals surface area contributed by atoms with Gasteiger partial charge in [0.1, 0.15) is 17.5 Å². The van der Waals surface area contributed by atoms with E-state index in [9.17, 15) is 0 Å². The largest absolute Gasteiger partial charge is 0.490 e. The zero-order valence-corrected chi connectivity index (χ0v) is 20.6. The van der Waals surface area contributed by atoms with Crippen LogP contribution >= 0.6 is 0 Å². The number of piperidine rings is 1. The number of nitrogens with zero attached hydrogens (tertiary/aromatic N) is 4. The van der Waals surface area contributed by atoms with Crippen molar-refractivity contribution in [1.82, 2.24) is 24.9 Å². The normalized spacial score (nSPS) is 18.5. The molecule has 35 heavy (non-hydrogen) atoms. The summed E-state index contributed by atoms with van der Waals surface area (Å²) in [5.41, 5.74) is 7.60. The predicted molar refractivity (Wildman–Crippen MR) is 141 cm³/mol. The predicted octanol–water partition coefficient (Wildman–Crippen LogP) is 4.39. The van der Waals surface area contributed by atoms with E-state index in [4.69, 9.17) is 9.84 Å². The highest BCUT2D eigenvalue weighted by molar-refractivity contribution is 5.98. The lowest BCUT2D eigenvalue weighted by molar-refractivity contribution is 0.162. The number of benzene rings is 2. The van der Waals surface area contributed by atoms with Crippen LogP contribution in [0.2, 0.25) is 0 Å². The second-order valence-electron chi connectivity index (χ2n) is 9.83. The van der Waals surface area contributed by atoms with E-state index in [1.807, 2.05) is 35.9 Å². The van der Waals surface area contributed by atoms with Crippen LogP contribution < -0.4 is 20.7 Å². The average molecular weight is 472 g/mol. The summed E-state index contributed by atoms with van der Waals surface area (Å²) in [6, 6.07) is 11.4. The summed E-state index contributed by atoms with van der Waals surface area (Å²) in [6.45, 7) is 5.19. The second kappa shape index (κ2) is 8.92. The number of nitrogens with one attached hydrogen (secondary N) is 3. The number of aryl methyl sites for hydroxylation is 2. The number of rotatable bonds is 4. The van der Waals surface area contributed by atoms with Crippen molar-refractivity contribution < 1.29 is 4.74 Å². The molecule has 8 heteroatoms. The third kappa shape index (κ3) is 4.23. The quantitative estimate of drug-likeness (QED) is 0.410. The molecular weight excluding hydrogens is 438 g/mol. The molecule has 0 radical (unpaired) electrons. The van der Waals surface area contributed by atoms with Crippen molar-refractivity contribution in [2.45, 2.75) is 38.3 Å². The number of ether oxygens (including phenoxy) is 1. The SMILES string of the molecule is CC1CCNc2cc(OC3CCNCC3)cc(-c3ccc4c(c3)c(-c3cnn(C)c3)nn4C)c2N1. The molecule has 6 rings (SSSR count). The lowest BCUT2D eigenvalue weighted by atomic mass is 9.98. The van der Waals surface area contributed by atoms with Crippen LogP contribution in [0.1, 0.15) is 26.2 Å². The molecule has 8 nitrogen and oxygen atoms in total. The van der Waals surface area contributed by atoms with Crippen LogP contribution in [0, 0.1) is 0 Å². The average Bonchev–Trinajstić information content (AvgIpc) is 3.37. The van der Waals surface area contributed by atoms with E-state index in [-0.39, 0.29) is 6.10 Å². The number of hydrogen-bond acceptors (Lipinski definition) is 6. The van der Waals surface area contributed by atoms with Gasteiger partial charge in [-0.1, -0.05) is 6.07 Å². The Morgan fingerprint density at radius 3 is 2.66 bits per heavy atom. The van der Waals surface area contributed by atoms with Crippen molar-refractivity contribution in [2.75, 3.05) is 30.3 Å². The zero-order valence-electron chi connectivity index (χ0n) is 20.6. The summed E-state index contributed by atoms with van der Waals surface area (Å²) >= 11 is 0. The second-order valence-corrected chi connectivity index (χ2v) is 9.83. The van der Waals surface area contributed by atoms with Crippen LogP contribution in [0.25, 0.3) is 33.3 Å². The first kappa shape index (κ1) is 22.0. The molecule has 2 aromatic heterocycles. The Kier molecular flexibility index (Phi) is 5.60. The first-order chi connectivity index (χ1) is 17.0. The van der Waals surface area contributed by atoms with E-state index in [1.54, 1.807) is 0 Å². The highest BCUT2D eigenvalue weighted by Gasteiger charge is 2.22. The fourth-order valence-electron chi connectivity index (χ4n) is 5.24. The van der Waals surface area contributed by atoms with Gasteiger partial charge in [-0.15, -0.1) is 0 Å². The molecule has 1 unspecified atom stereocenters. The Labute approximate surface area is 205 Å². The van der Waals surface area contributed by atoms with Gasteiger partial charge in [0.15, 0.2) is 0 Å². The standard InChI is InChI=1S/C27H33N7O/c1-17-6-11-29-24-14-21(35-20-7-9-28-10-8-20)13-22(27(24)31-17)18-4-5-25-23(12-18)26(32-34(25)3)19-15-30-33(2)16-19/h4-5,12-17,20,28-29,31H,6-11H2,1-3H3. The maximum absolute atomic E-state index is 6.50. The van der Waals surface area contributed by atoms with Crippen LogP contribution in [0.4, 0.5) is 11.4 Å². The molecule has 1 fully saturated rings. The molecule has 0 aliphatic carbocycles. The molecular formula is C27H33N7O. The van der Waals surface area contributed by atoms with Gasteiger partial charge in [0.25, 0.3) is 0 Å². The molecule has 0 amide bonds. The van der Waals surface area contributed by atoms with E-state index in [0.717, 1.165) is 89.3 Å². The van der Waals surface area contributed by atoms with Crippen LogP contribution in [0.15, 0.2) is 42.7 Å². The molecule has 0 saturated carbocycles. The summed E-state index contributed by atoms with van der Waals surface area (Å²) in [7, 11) is 3.93. The van der Waals surface area contributed by atoms with Gasteiger partial charge in [-0.25, -0.2) is 0 Å². The minimum Gasteiger partial charge on any atom is -0.490 e. The molecule has 2 aromatic carbocycles. The molecule has 4 aromatic rings. The van der Waals surface area contributed by atoms with Crippen molar-refractivity contribution in [3.8, 4) is 28.1 Å². The number of anilines is 2. The van der Waals surface area contributed by atoms with Crippen LogP contribution in [-0.4, -0.2) is 51.3 Å². The van der Waals surface area contributed by atoms with Crippen molar-refractivity contribution >= 4 is 22.3 Å². The molecule has 0 spiro atoms. The monoisotopic (exact) mass is 471 g/mol. The third-order valence-electron chi connectivity index (χ3n) is 7.12. The van der Waals surface area contributed by atoms with Gasteiger partial charge in [0, 0.05) is 55.5 Å². The van der Waals surface area contributed by atoms with Gasteiger partial charge >= 0.3 is 0 Å². The van der Waals surface area contributed by atoms with Gasteiger partial charge in [-0.3, -0.25) is 9.36 Å². The van der Waals surface area contributed by atoms with E-state index in [0.29, 0.717) is 6.04 Å². The van der Waals surface area contributed by atoms with Gasteiger partial charge in [0.2, 0.25) is 0 Å². The first-order valence-electron chi connectivity index (χ1n) is 12.6. The maximum atomic E-state index is 6.50. The van der Waals surface area contributed by atoms with Crippen LogP contribution in [0.3, 0.4) is 0 Å². The molecule has 2 aliphatic rings. The zero-order chi connectivity index (χ0) is 23.9. The summed E-state index contributed by atoms with van der Waals surface area (Å²) in [4.78, 5) is 0. The van der Waals surface area contributed by atoms with Crippen molar-refractivity contribution in [1.29, 1.82) is 0 Å². The minimum atomic E-state index is 0.248. The van der Waals surface area contributed by atoms with Crippen LogP contribution in [0.5, 0.6) is 5.75 Å². The number of hydrogen-bond donors (Lipinski definition) is 3. The number of aromatic nitrogens is 4. The lowest BCUT2D eigenvalue weighted by Crippen LogP contribution is -2.34. The lowest BCUT2D eigenvalue weighted by Gasteiger charge is -2.25. The van der Waals surface area contributed by atoms with Crippen LogP contribution in [-0.2, 0) is 14.1 Å². The molecule has 1 saturated heterocycles. The Morgan fingerprint density at radius 1 is 1.00 bits per heavy atom. The fourth-order valence-corrected chi connectivity index (χ4v) is 5.24. The summed E-state index contributed by atoms with van der Waals surface area (Å²) in [6.07, 6.45) is 7.27. The van der Waals surface area contributed by atoms with Gasteiger partial charge in [0.05, 0.1) is 23.1 Å². The van der Waals surface area contributed by atoms with E-state index in [1.165, 1.54) is 0 Å².